The van der Waals surface area contributed by atoms with E-state index >= 15 is 0 Å². The number of hydrogen-bond donors (Lipinski definition) is 0. The number of nitriles is 1. The summed E-state index contributed by atoms with van der Waals surface area (Å²) in [7, 11) is 0. The van der Waals surface area contributed by atoms with Crippen LogP contribution in [0.25, 0.3) is 6.08 Å². The predicted molar refractivity (Wildman–Crippen MR) is 95.2 cm³/mol. The Hall–Kier alpha value is -2.12. The van der Waals surface area contributed by atoms with Crippen molar-refractivity contribution in [1.82, 2.24) is 9.80 Å². The summed E-state index contributed by atoms with van der Waals surface area (Å²) in [6, 6.07) is 9.77. The molecule has 0 aliphatic carbocycles. The van der Waals surface area contributed by atoms with E-state index in [-0.39, 0.29) is 5.91 Å². The predicted octanol–water partition coefficient (Wildman–Crippen LogP) is 3.05. The van der Waals surface area contributed by atoms with Crippen molar-refractivity contribution >= 4 is 12.0 Å². The fourth-order valence-corrected chi connectivity index (χ4v) is 3.69. The summed E-state index contributed by atoms with van der Waals surface area (Å²) < 4.78 is 0. The van der Waals surface area contributed by atoms with Gasteiger partial charge >= 0.3 is 0 Å². The zero-order valence-corrected chi connectivity index (χ0v) is 14.2. The first-order valence-corrected chi connectivity index (χ1v) is 8.97. The highest BCUT2D eigenvalue weighted by Gasteiger charge is 2.29. The second-order valence-corrected chi connectivity index (χ2v) is 6.76. The number of carbonyl (C=O) groups excluding carboxylic acids is 1. The number of nitrogens with zero attached hydrogens (tertiary/aromatic N) is 3. The summed E-state index contributed by atoms with van der Waals surface area (Å²) in [5.41, 5.74) is 1.59. The van der Waals surface area contributed by atoms with Crippen molar-refractivity contribution in [3.05, 3.63) is 41.5 Å². The van der Waals surface area contributed by atoms with Crippen LogP contribution in [0.5, 0.6) is 0 Å². The monoisotopic (exact) mass is 323 g/mol. The van der Waals surface area contributed by atoms with Crippen LogP contribution >= 0.6 is 0 Å². The van der Waals surface area contributed by atoms with Gasteiger partial charge in [-0.2, -0.15) is 5.26 Å². The van der Waals surface area contributed by atoms with Gasteiger partial charge in [0.1, 0.15) is 0 Å². The molecule has 0 radical (unpaired) electrons. The minimum atomic E-state index is 0.110. The van der Waals surface area contributed by atoms with Gasteiger partial charge in [-0.15, -0.1) is 0 Å². The molecule has 0 N–H and O–H groups in total. The second-order valence-electron chi connectivity index (χ2n) is 6.76. The number of amides is 1. The standard InChI is InChI=1S/C20H25N3O/c21-15-18-8-6-17(7-9-18)10-11-20(24)23-14-4-5-19(23)16-22-12-2-1-3-13-22/h6-11,19H,1-5,12-14,16H2/b11-10+/t19-/m0/s1. The van der Waals surface area contributed by atoms with E-state index in [4.69, 9.17) is 5.26 Å². The summed E-state index contributed by atoms with van der Waals surface area (Å²) in [6.45, 7) is 4.25. The van der Waals surface area contributed by atoms with Gasteiger partial charge in [-0.25, -0.2) is 0 Å². The van der Waals surface area contributed by atoms with Gasteiger partial charge in [-0.3, -0.25) is 4.79 Å². The van der Waals surface area contributed by atoms with Crippen LogP contribution in [-0.2, 0) is 4.79 Å². The van der Waals surface area contributed by atoms with Gasteiger partial charge in [0.25, 0.3) is 0 Å². The average molecular weight is 323 g/mol. The highest BCUT2D eigenvalue weighted by molar-refractivity contribution is 5.92. The van der Waals surface area contributed by atoms with Crippen molar-refractivity contribution < 1.29 is 4.79 Å². The molecule has 0 unspecified atom stereocenters. The molecule has 2 heterocycles. The first kappa shape index (κ1) is 16.7. The molecule has 1 aromatic carbocycles. The molecule has 0 spiro atoms. The van der Waals surface area contributed by atoms with Gasteiger partial charge in [0, 0.05) is 25.2 Å². The van der Waals surface area contributed by atoms with Crippen molar-refractivity contribution in [2.75, 3.05) is 26.2 Å². The molecule has 2 saturated heterocycles. The van der Waals surface area contributed by atoms with E-state index in [0.29, 0.717) is 11.6 Å². The summed E-state index contributed by atoms with van der Waals surface area (Å²) in [5, 5.41) is 8.82. The lowest BCUT2D eigenvalue weighted by atomic mass is 10.1. The Labute approximate surface area is 144 Å². The van der Waals surface area contributed by atoms with Crippen molar-refractivity contribution in [2.24, 2.45) is 0 Å². The molecule has 1 atom stereocenters. The van der Waals surface area contributed by atoms with E-state index < -0.39 is 0 Å². The summed E-state index contributed by atoms with van der Waals surface area (Å²) in [6.07, 6.45) is 9.67. The van der Waals surface area contributed by atoms with E-state index in [0.717, 1.165) is 31.5 Å². The smallest absolute Gasteiger partial charge is 0.246 e. The lowest BCUT2D eigenvalue weighted by Gasteiger charge is -2.32. The molecule has 4 heteroatoms. The van der Waals surface area contributed by atoms with E-state index in [1.165, 1.54) is 32.4 Å². The van der Waals surface area contributed by atoms with Gasteiger partial charge < -0.3 is 9.80 Å². The molecule has 126 valence electrons. The lowest BCUT2D eigenvalue weighted by Crippen LogP contribution is -2.44. The SMILES string of the molecule is N#Cc1ccc(/C=C/C(=O)N2CCC[C@H]2CN2CCCCC2)cc1. The summed E-state index contributed by atoms with van der Waals surface area (Å²) in [5.74, 6) is 0.110. The largest absolute Gasteiger partial charge is 0.335 e. The number of carbonyl (C=O) groups is 1. The molecule has 0 saturated carbocycles. The number of benzene rings is 1. The van der Waals surface area contributed by atoms with Crippen molar-refractivity contribution in [3.63, 3.8) is 0 Å². The van der Waals surface area contributed by atoms with E-state index in [1.54, 1.807) is 18.2 Å². The Morgan fingerprint density at radius 3 is 2.58 bits per heavy atom. The molecule has 2 fully saturated rings. The second kappa shape index (κ2) is 8.12. The van der Waals surface area contributed by atoms with E-state index in [9.17, 15) is 4.79 Å². The molecule has 1 amide bonds. The Morgan fingerprint density at radius 2 is 1.88 bits per heavy atom. The fraction of sp³-hybridized carbons (Fsp3) is 0.500. The van der Waals surface area contributed by atoms with Crippen LogP contribution in [0.4, 0.5) is 0 Å². The first-order chi connectivity index (χ1) is 11.8. The Kier molecular flexibility index (Phi) is 5.66. The topological polar surface area (TPSA) is 47.3 Å². The Morgan fingerprint density at radius 1 is 1.12 bits per heavy atom. The number of hydrogen-bond acceptors (Lipinski definition) is 3. The van der Waals surface area contributed by atoms with Gasteiger partial charge in [-0.1, -0.05) is 18.6 Å². The van der Waals surface area contributed by atoms with Crippen molar-refractivity contribution in [1.29, 1.82) is 5.26 Å². The normalized spacial score (nSPS) is 22.0. The van der Waals surface area contributed by atoms with Crippen LogP contribution in [0.2, 0.25) is 0 Å². The zero-order valence-electron chi connectivity index (χ0n) is 14.2. The molecule has 4 nitrogen and oxygen atoms in total. The van der Waals surface area contributed by atoms with E-state index in [1.807, 2.05) is 23.1 Å². The molecule has 2 aliphatic rings. The average Bonchev–Trinajstić information content (AvgIpc) is 3.09. The third-order valence-corrected chi connectivity index (χ3v) is 5.04. The van der Waals surface area contributed by atoms with Crippen LogP contribution in [0.15, 0.2) is 30.3 Å². The van der Waals surface area contributed by atoms with Gasteiger partial charge in [-0.05, 0) is 62.5 Å². The highest BCUT2D eigenvalue weighted by Crippen LogP contribution is 2.21. The maximum absolute atomic E-state index is 12.6. The van der Waals surface area contributed by atoms with Crippen LogP contribution in [0.1, 0.15) is 43.2 Å². The highest BCUT2D eigenvalue weighted by atomic mass is 16.2. The van der Waals surface area contributed by atoms with Gasteiger partial charge in [0.2, 0.25) is 5.91 Å². The van der Waals surface area contributed by atoms with Gasteiger partial charge in [0.05, 0.1) is 11.6 Å². The van der Waals surface area contributed by atoms with Crippen LogP contribution in [0.3, 0.4) is 0 Å². The molecular formula is C20H25N3O. The molecule has 3 rings (SSSR count). The van der Waals surface area contributed by atoms with Crippen LogP contribution in [-0.4, -0.2) is 47.9 Å². The summed E-state index contributed by atoms with van der Waals surface area (Å²) in [4.78, 5) is 17.1. The molecule has 0 bridgehead atoms. The Balaban J connectivity index is 1.58. The third kappa shape index (κ3) is 4.24. The van der Waals surface area contributed by atoms with Crippen molar-refractivity contribution in [2.45, 2.75) is 38.1 Å². The molecular weight excluding hydrogens is 298 g/mol. The third-order valence-electron chi connectivity index (χ3n) is 5.04. The van der Waals surface area contributed by atoms with Crippen molar-refractivity contribution in [3.8, 4) is 6.07 Å². The van der Waals surface area contributed by atoms with Crippen LogP contribution in [0, 0.1) is 11.3 Å². The molecule has 2 aliphatic heterocycles. The molecule has 0 aromatic heterocycles. The Bertz CT molecular complexity index is 623. The maximum Gasteiger partial charge on any atom is 0.246 e. The van der Waals surface area contributed by atoms with E-state index in [2.05, 4.69) is 11.0 Å². The minimum Gasteiger partial charge on any atom is -0.335 e. The number of rotatable bonds is 4. The molecule has 24 heavy (non-hydrogen) atoms. The van der Waals surface area contributed by atoms with Gasteiger partial charge in [0.15, 0.2) is 0 Å². The minimum absolute atomic E-state index is 0.110. The molecule has 1 aromatic rings. The first-order valence-electron chi connectivity index (χ1n) is 8.97. The summed E-state index contributed by atoms with van der Waals surface area (Å²) >= 11 is 0. The lowest BCUT2D eigenvalue weighted by molar-refractivity contribution is -0.127. The zero-order chi connectivity index (χ0) is 16.8. The van der Waals surface area contributed by atoms with Crippen LogP contribution < -0.4 is 0 Å². The quantitative estimate of drug-likeness (QED) is 0.800. The number of piperidine rings is 1. The fourth-order valence-electron chi connectivity index (χ4n) is 3.69. The number of likely N-dealkylation sites (tertiary alicyclic amines) is 2. The maximum atomic E-state index is 12.6.